The van der Waals surface area contributed by atoms with Gasteiger partial charge in [0.15, 0.2) is 9.84 Å². The van der Waals surface area contributed by atoms with Crippen LogP contribution in [0.3, 0.4) is 0 Å². The number of nitrogens with zero attached hydrogens (tertiary/aromatic N) is 2. The van der Waals surface area contributed by atoms with Crippen molar-refractivity contribution in [3.63, 3.8) is 0 Å². The number of rotatable bonds is 2. The van der Waals surface area contributed by atoms with Crippen LogP contribution in [-0.4, -0.2) is 43.7 Å². The number of anilines is 1. The van der Waals surface area contributed by atoms with Crippen LogP contribution in [-0.2, 0) is 9.84 Å². The van der Waals surface area contributed by atoms with Crippen molar-refractivity contribution in [3.8, 4) is 5.75 Å². The smallest absolute Gasteiger partial charge is 0.333 e. The van der Waals surface area contributed by atoms with Gasteiger partial charge in [-0.2, -0.15) is 0 Å². The third-order valence-electron chi connectivity index (χ3n) is 5.19. The van der Waals surface area contributed by atoms with Crippen molar-refractivity contribution < 1.29 is 22.7 Å². The summed E-state index contributed by atoms with van der Waals surface area (Å²) in [6.07, 6.45) is 0.518. The highest BCUT2D eigenvalue weighted by Gasteiger charge is 2.58. The van der Waals surface area contributed by atoms with Crippen LogP contribution in [0.2, 0.25) is 0 Å². The van der Waals surface area contributed by atoms with Gasteiger partial charge < -0.3 is 10.5 Å². The fourth-order valence-electron chi connectivity index (χ4n) is 3.86. The number of primary amides is 1. The largest absolute Gasteiger partial charge is 0.481 e. The van der Waals surface area contributed by atoms with Crippen molar-refractivity contribution >= 4 is 27.6 Å². The van der Waals surface area contributed by atoms with E-state index in [4.69, 9.17) is 10.5 Å². The molecule has 1 fully saturated rings. The molecule has 2 N–H and O–H groups in total. The Labute approximate surface area is 162 Å². The number of hydrogen-bond acceptors (Lipinski definition) is 5. The van der Waals surface area contributed by atoms with Gasteiger partial charge in [0.1, 0.15) is 17.4 Å². The molecule has 28 heavy (non-hydrogen) atoms. The molecule has 0 spiro atoms. The number of amides is 4. The second-order valence-electron chi connectivity index (χ2n) is 7.21. The standard InChI is InChI=1S/C19H19N3O5S/c1-19-11-21(17(20)23)18(24)22(19)14-10-13(28(2,25)26)8-9-15(14)27-16(19)12-6-4-3-5-7-12/h3-10,16H,11H2,1-2H3,(H2,20,23). The molecule has 2 heterocycles. The first-order valence-corrected chi connectivity index (χ1v) is 10.5. The quantitative estimate of drug-likeness (QED) is 0.830. The van der Waals surface area contributed by atoms with Gasteiger partial charge in [-0.05, 0) is 30.7 Å². The number of ether oxygens (including phenoxy) is 1. The number of carbonyl (C=O) groups is 2. The third-order valence-corrected chi connectivity index (χ3v) is 6.30. The van der Waals surface area contributed by atoms with Crippen LogP contribution in [0.1, 0.15) is 18.6 Å². The molecule has 0 aromatic heterocycles. The molecule has 2 unspecified atom stereocenters. The van der Waals surface area contributed by atoms with Crippen LogP contribution < -0.4 is 15.4 Å². The average Bonchev–Trinajstić information content (AvgIpc) is 2.93. The SMILES string of the molecule is CC12CN(C(N)=O)C(=O)N1c1cc(S(C)(=O)=O)ccc1OC2c1ccccc1. The van der Waals surface area contributed by atoms with Crippen LogP contribution >= 0.6 is 0 Å². The zero-order valence-electron chi connectivity index (χ0n) is 15.3. The van der Waals surface area contributed by atoms with Crippen molar-refractivity contribution in [3.05, 3.63) is 54.1 Å². The number of hydrogen-bond donors (Lipinski definition) is 1. The van der Waals surface area contributed by atoms with E-state index in [2.05, 4.69) is 0 Å². The van der Waals surface area contributed by atoms with Gasteiger partial charge in [-0.15, -0.1) is 0 Å². The molecule has 9 heteroatoms. The summed E-state index contributed by atoms with van der Waals surface area (Å²) in [6, 6.07) is 12.2. The molecule has 8 nitrogen and oxygen atoms in total. The van der Waals surface area contributed by atoms with Gasteiger partial charge >= 0.3 is 12.1 Å². The molecule has 2 aromatic rings. The Bertz CT molecular complexity index is 1090. The van der Waals surface area contributed by atoms with E-state index in [1.807, 2.05) is 30.3 Å². The fraction of sp³-hybridized carbons (Fsp3) is 0.263. The molecular formula is C19H19N3O5S. The van der Waals surface area contributed by atoms with Gasteiger partial charge in [-0.1, -0.05) is 30.3 Å². The minimum Gasteiger partial charge on any atom is -0.481 e. The van der Waals surface area contributed by atoms with Crippen LogP contribution in [0.5, 0.6) is 5.75 Å². The zero-order valence-corrected chi connectivity index (χ0v) is 16.1. The van der Waals surface area contributed by atoms with E-state index >= 15 is 0 Å². The zero-order chi connectivity index (χ0) is 20.3. The molecule has 0 radical (unpaired) electrons. The Hall–Kier alpha value is -3.07. The first-order valence-electron chi connectivity index (χ1n) is 8.60. The Balaban J connectivity index is 1.94. The molecule has 2 aromatic carbocycles. The Kier molecular flexibility index (Phi) is 3.90. The van der Waals surface area contributed by atoms with E-state index in [0.29, 0.717) is 11.4 Å². The number of nitrogens with two attached hydrogens (primary N) is 1. The molecule has 4 amide bonds. The molecule has 1 saturated heterocycles. The summed E-state index contributed by atoms with van der Waals surface area (Å²) in [4.78, 5) is 27.3. The Morgan fingerprint density at radius 2 is 1.89 bits per heavy atom. The minimum atomic E-state index is -3.50. The summed E-state index contributed by atoms with van der Waals surface area (Å²) in [5, 5.41) is 0. The average molecular weight is 401 g/mol. The highest BCUT2D eigenvalue weighted by molar-refractivity contribution is 7.90. The number of benzene rings is 2. The predicted molar refractivity (Wildman–Crippen MR) is 102 cm³/mol. The van der Waals surface area contributed by atoms with Crippen LogP contribution in [0.25, 0.3) is 0 Å². The lowest BCUT2D eigenvalue weighted by molar-refractivity contribution is 0.108. The number of sulfone groups is 1. The topological polar surface area (TPSA) is 110 Å². The summed E-state index contributed by atoms with van der Waals surface area (Å²) >= 11 is 0. The monoisotopic (exact) mass is 401 g/mol. The Morgan fingerprint density at radius 1 is 1.21 bits per heavy atom. The molecule has 2 aliphatic heterocycles. The van der Waals surface area contributed by atoms with E-state index in [0.717, 1.165) is 16.7 Å². The van der Waals surface area contributed by atoms with Gasteiger partial charge in [0, 0.05) is 6.26 Å². The summed E-state index contributed by atoms with van der Waals surface area (Å²) in [6.45, 7) is 1.81. The minimum absolute atomic E-state index is 0.0171. The maximum absolute atomic E-state index is 13.0. The van der Waals surface area contributed by atoms with Crippen molar-refractivity contribution in [1.29, 1.82) is 0 Å². The van der Waals surface area contributed by atoms with Gasteiger partial charge in [0.05, 0.1) is 17.1 Å². The van der Waals surface area contributed by atoms with E-state index in [1.165, 1.54) is 23.1 Å². The van der Waals surface area contributed by atoms with E-state index in [1.54, 1.807) is 6.92 Å². The highest BCUT2D eigenvalue weighted by Crippen LogP contribution is 2.51. The van der Waals surface area contributed by atoms with Crippen molar-refractivity contribution in [2.75, 3.05) is 17.7 Å². The first-order chi connectivity index (χ1) is 13.1. The number of imide groups is 1. The molecule has 0 aliphatic carbocycles. The summed E-state index contributed by atoms with van der Waals surface area (Å²) in [7, 11) is -3.50. The summed E-state index contributed by atoms with van der Waals surface area (Å²) < 4.78 is 30.2. The van der Waals surface area contributed by atoms with E-state index < -0.39 is 33.5 Å². The predicted octanol–water partition coefficient (Wildman–Crippen LogP) is 2.30. The molecule has 2 atom stereocenters. The second-order valence-corrected chi connectivity index (χ2v) is 9.23. The van der Waals surface area contributed by atoms with Crippen molar-refractivity contribution in [2.45, 2.75) is 23.5 Å². The maximum atomic E-state index is 13.0. The fourth-order valence-corrected chi connectivity index (χ4v) is 4.50. The van der Waals surface area contributed by atoms with Gasteiger partial charge in [-0.3, -0.25) is 4.90 Å². The Morgan fingerprint density at radius 3 is 2.50 bits per heavy atom. The van der Waals surface area contributed by atoms with Crippen molar-refractivity contribution in [2.24, 2.45) is 5.73 Å². The second kappa shape index (κ2) is 5.96. The number of urea groups is 2. The molecular weight excluding hydrogens is 382 g/mol. The molecule has 0 saturated carbocycles. The molecule has 146 valence electrons. The lowest BCUT2D eigenvalue weighted by Crippen LogP contribution is -2.54. The van der Waals surface area contributed by atoms with Crippen LogP contribution in [0.15, 0.2) is 53.4 Å². The third kappa shape index (κ3) is 2.62. The molecule has 2 aliphatic rings. The van der Waals surface area contributed by atoms with Crippen molar-refractivity contribution in [1.82, 2.24) is 4.90 Å². The van der Waals surface area contributed by atoms with Gasteiger partial charge in [0.25, 0.3) is 0 Å². The van der Waals surface area contributed by atoms with Gasteiger partial charge in [-0.25, -0.2) is 22.9 Å². The lowest BCUT2D eigenvalue weighted by atomic mass is 9.86. The molecule has 0 bridgehead atoms. The number of fused-ring (bicyclic) bond motifs is 3. The van der Waals surface area contributed by atoms with Crippen LogP contribution in [0, 0.1) is 0 Å². The normalized spacial score (nSPS) is 23.8. The highest BCUT2D eigenvalue weighted by atomic mass is 32.2. The van der Waals surface area contributed by atoms with Crippen LogP contribution in [0.4, 0.5) is 15.3 Å². The van der Waals surface area contributed by atoms with Gasteiger partial charge in [0.2, 0.25) is 0 Å². The number of carbonyl (C=O) groups excluding carboxylic acids is 2. The van der Waals surface area contributed by atoms with E-state index in [-0.39, 0.29) is 11.4 Å². The summed E-state index contributed by atoms with van der Waals surface area (Å²) in [5.41, 5.74) is 5.57. The van der Waals surface area contributed by atoms with E-state index in [9.17, 15) is 18.0 Å². The molecule has 4 rings (SSSR count). The maximum Gasteiger partial charge on any atom is 0.333 e. The first kappa shape index (κ1) is 18.3. The summed E-state index contributed by atoms with van der Waals surface area (Å²) in [5.74, 6) is 0.360. The lowest BCUT2D eigenvalue weighted by Gasteiger charge is -2.45.